The summed E-state index contributed by atoms with van der Waals surface area (Å²) in [5.41, 5.74) is -0.166. The van der Waals surface area contributed by atoms with E-state index in [-0.39, 0.29) is 25.4 Å². The fraction of sp³-hybridized carbons (Fsp3) is 0.429. The molecule has 0 spiro atoms. The van der Waals surface area contributed by atoms with Crippen molar-refractivity contribution in [2.24, 2.45) is 0 Å². The zero-order valence-corrected chi connectivity index (χ0v) is 12.2. The van der Waals surface area contributed by atoms with Crippen LogP contribution < -0.4 is 5.32 Å². The van der Waals surface area contributed by atoms with Gasteiger partial charge in [-0.1, -0.05) is 23.7 Å². The van der Waals surface area contributed by atoms with E-state index in [0.717, 1.165) is 5.56 Å². The van der Waals surface area contributed by atoms with E-state index in [0.29, 0.717) is 5.02 Å². The van der Waals surface area contributed by atoms with Crippen LogP contribution in [0.2, 0.25) is 5.02 Å². The van der Waals surface area contributed by atoms with Crippen LogP contribution in [-0.4, -0.2) is 36.2 Å². The van der Waals surface area contributed by atoms with Gasteiger partial charge < -0.3 is 15.2 Å². The van der Waals surface area contributed by atoms with E-state index in [1.54, 1.807) is 31.2 Å². The van der Waals surface area contributed by atoms with Crippen molar-refractivity contribution >= 4 is 23.5 Å². The van der Waals surface area contributed by atoms with Gasteiger partial charge in [-0.3, -0.25) is 9.59 Å². The molecule has 0 aliphatic carbocycles. The van der Waals surface area contributed by atoms with Crippen molar-refractivity contribution in [3.8, 4) is 0 Å². The first-order valence-electron chi connectivity index (χ1n) is 6.11. The Morgan fingerprint density at radius 2 is 2.15 bits per heavy atom. The molecule has 5 nitrogen and oxygen atoms in total. The molecule has 1 aromatic carbocycles. The van der Waals surface area contributed by atoms with E-state index < -0.39 is 11.5 Å². The lowest BCUT2D eigenvalue weighted by Gasteiger charge is -2.28. The average Bonchev–Trinajstić information content (AvgIpc) is 2.26. The molecular weight excluding hydrogens is 282 g/mol. The Morgan fingerprint density at radius 3 is 2.70 bits per heavy atom. The number of carboxylic acid groups (broad SMARTS) is 1. The summed E-state index contributed by atoms with van der Waals surface area (Å²) in [6.45, 7) is 1.76. The number of amides is 1. The quantitative estimate of drug-likeness (QED) is 0.806. The van der Waals surface area contributed by atoms with E-state index >= 15 is 0 Å². The molecule has 1 unspecified atom stereocenters. The third-order valence-electron chi connectivity index (χ3n) is 2.70. The maximum Gasteiger partial charge on any atom is 0.305 e. The van der Waals surface area contributed by atoms with Crippen LogP contribution in [0.5, 0.6) is 0 Å². The van der Waals surface area contributed by atoms with Crippen molar-refractivity contribution in [2.75, 3.05) is 13.7 Å². The summed E-state index contributed by atoms with van der Waals surface area (Å²) >= 11 is 5.85. The number of ether oxygens (including phenoxy) is 1. The fourth-order valence-corrected chi connectivity index (χ4v) is 2.21. The molecule has 1 amide bonds. The molecular formula is C14H18ClNO4. The topological polar surface area (TPSA) is 75.6 Å². The number of hydrogen-bond acceptors (Lipinski definition) is 3. The molecule has 0 bridgehead atoms. The minimum atomic E-state index is -0.993. The van der Waals surface area contributed by atoms with Gasteiger partial charge in [-0.25, -0.2) is 0 Å². The number of halogens is 1. The van der Waals surface area contributed by atoms with Gasteiger partial charge in [-0.15, -0.1) is 0 Å². The third-order valence-corrected chi connectivity index (χ3v) is 2.93. The maximum absolute atomic E-state index is 12.0. The van der Waals surface area contributed by atoms with Gasteiger partial charge in [-0.05, 0) is 24.6 Å². The van der Waals surface area contributed by atoms with E-state index in [4.69, 9.17) is 21.4 Å². The molecule has 0 aromatic heterocycles. The minimum Gasteiger partial charge on any atom is -0.481 e. The van der Waals surface area contributed by atoms with Crippen molar-refractivity contribution in [2.45, 2.75) is 25.3 Å². The predicted molar refractivity (Wildman–Crippen MR) is 75.8 cm³/mol. The van der Waals surface area contributed by atoms with Gasteiger partial charge in [0.25, 0.3) is 0 Å². The lowest BCUT2D eigenvalue weighted by molar-refractivity contribution is -0.139. The van der Waals surface area contributed by atoms with E-state index in [1.165, 1.54) is 7.11 Å². The Balaban J connectivity index is 2.68. The molecule has 1 atom stereocenters. The second kappa shape index (κ2) is 7.26. The molecule has 0 fully saturated rings. The van der Waals surface area contributed by atoms with Crippen LogP contribution in [0.25, 0.3) is 0 Å². The van der Waals surface area contributed by atoms with Crippen LogP contribution >= 0.6 is 11.6 Å². The van der Waals surface area contributed by atoms with Gasteiger partial charge in [0.2, 0.25) is 5.91 Å². The summed E-state index contributed by atoms with van der Waals surface area (Å²) in [4.78, 5) is 22.8. The summed E-state index contributed by atoms with van der Waals surface area (Å²) in [6, 6.07) is 6.97. The van der Waals surface area contributed by atoms with Crippen molar-refractivity contribution in [1.29, 1.82) is 0 Å². The highest BCUT2D eigenvalue weighted by Crippen LogP contribution is 2.13. The van der Waals surface area contributed by atoms with Crippen LogP contribution in [0.3, 0.4) is 0 Å². The standard InChI is InChI=1S/C14H18ClNO4/c1-14(9-20-2,8-13(18)19)16-12(17)7-10-4-3-5-11(15)6-10/h3-6H,7-9H2,1-2H3,(H,16,17)(H,18,19). The predicted octanol–water partition coefficient (Wildman–Crippen LogP) is 1.88. The van der Waals surface area contributed by atoms with Crippen LogP contribution in [-0.2, 0) is 20.7 Å². The number of carbonyl (C=O) groups excluding carboxylic acids is 1. The Bertz CT molecular complexity index is 492. The van der Waals surface area contributed by atoms with E-state index in [1.807, 2.05) is 0 Å². The molecule has 0 saturated heterocycles. The number of nitrogens with one attached hydrogen (secondary N) is 1. The zero-order valence-electron chi connectivity index (χ0n) is 11.5. The zero-order chi connectivity index (χ0) is 15.2. The monoisotopic (exact) mass is 299 g/mol. The molecule has 0 saturated carbocycles. The Labute approximate surface area is 122 Å². The highest BCUT2D eigenvalue weighted by molar-refractivity contribution is 6.30. The van der Waals surface area contributed by atoms with Gasteiger partial charge >= 0.3 is 5.97 Å². The van der Waals surface area contributed by atoms with Crippen LogP contribution in [0.1, 0.15) is 18.9 Å². The number of carbonyl (C=O) groups is 2. The molecule has 2 N–H and O–H groups in total. The van der Waals surface area contributed by atoms with E-state index in [9.17, 15) is 9.59 Å². The van der Waals surface area contributed by atoms with Crippen molar-refractivity contribution in [3.05, 3.63) is 34.9 Å². The molecule has 0 heterocycles. The first-order chi connectivity index (χ1) is 9.34. The Morgan fingerprint density at radius 1 is 1.45 bits per heavy atom. The lowest BCUT2D eigenvalue weighted by Crippen LogP contribution is -2.51. The van der Waals surface area contributed by atoms with E-state index in [2.05, 4.69) is 5.32 Å². The van der Waals surface area contributed by atoms with Crippen molar-refractivity contribution in [3.63, 3.8) is 0 Å². The first-order valence-corrected chi connectivity index (χ1v) is 6.48. The second-order valence-electron chi connectivity index (χ2n) is 4.92. The van der Waals surface area contributed by atoms with Crippen molar-refractivity contribution in [1.82, 2.24) is 5.32 Å². The molecule has 0 radical (unpaired) electrons. The smallest absolute Gasteiger partial charge is 0.305 e. The van der Waals surface area contributed by atoms with Gasteiger partial charge in [0.05, 0.1) is 25.0 Å². The molecule has 0 aliphatic heterocycles. The van der Waals surface area contributed by atoms with Gasteiger partial charge in [0.1, 0.15) is 0 Å². The third kappa shape index (κ3) is 5.59. The Kier molecular flexibility index (Phi) is 5.98. The number of aliphatic carboxylic acids is 1. The molecule has 1 rings (SSSR count). The molecule has 20 heavy (non-hydrogen) atoms. The summed E-state index contributed by atoms with van der Waals surface area (Å²) in [5.74, 6) is -1.26. The summed E-state index contributed by atoms with van der Waals surface area (Å²) in [6.07, 6.45) is -0.0678. The fourth-order valence-electron chi connectivity index (χ4n) is 2.00. The van der Waals surface area contributed by atoms with Gasteiger partial charge in [-0.2, -0.15) is 0 Å². The van der Waals surface area contributed by atoms with Crippen LogP contribution in [0, 0.1) is 0 Å². The molecule has 0 aliphatic rings. The van der Waals surface area contributed by atoms with Crippen LogP contribution in [0.4, 0.5) is 0 Å². The Hall–Kier alpha value is -1.59. The normalized spacial score (nSPS) is 13.6. The van der Waals surface area contributed by atoms with Gasteiger partial charge in [0.15, 0.2) is 0 Å². The minimum absolute atomic E-state index is 0.126. The average molecular weight is 300 g/mol. The van der Waals surface area contributed by atoms with Gasteiger partial charge in [0, 0.05) is 12.1 Å². The second-order valence-corrected chi connectivity index (χ2v) is 5.36. The molecule has 1 aromatic rings. The highest BCUT2D eigenvalue weighted by Gasteiger charge is 2.29. The molecule has 110 valence electrons. The summed E-state index contributed by atoms with van der Waals surface area (Å²) < 4.78 is 4.98. The molecule has 6 heteroatoms. The summed E-state index contributed by atoms with van der Waals surface area (Å²) in [7, 11) is 1.46. The van der Waals surface area contributed by atoms with Crippen molar-refractivity contribution < 1.29 is 19.4 Å². The summed E-state index contributed by atoms with van der Waals surface area (Å²) in [5, 5.41) is 12.2. The number of carboxylic acids is 1. The SMILES string of the molecule is COCC(C)(CC(=O)O)NC(=O)Cc1cccc(Cl)c1. The number of rotatable bonds is 7. The maximum atomic E-state index is 12.0. The highest BCUT2D eigenvalue weighted by atomic mass is 35.5. The lowest BCUT2D eigenvalue weighted by atomic mass is 9.98. The number of methoxy groups -OCH3 is 1. The number of benzene rings is 1. The van der Waals surface area contributed by atoms with Crippen LogP contribution in [0.15, 0.2) is 24.3 Å². The number of hydrogen-bond donors (Lipinski definition) is 2. The first kappa shape index (κ1) is 16.5. The largest absolute Gasteiger partial charge is 0.481 e.